The lowest BCUT2D eigenvalue weighted by molar-refractivity contribution is -0.156. The molecule has 3 heteroatoms. The Kier molecular flexibility index (Phi) is 5.49. The Morgan fingerprint density at radius 1 is 1.27 bits per heavy atom. The maximum Gasteiger partial charge on any atom is 0.333 e. The molecule has 124 valence electrons. The van der Waals surface area contributed by atoms with E-state index in [0.29, 0.717) is 23.8 Å². The third-order valence-electron chi connectivity index (χ3n) is 5.59. The van der Waals surface area contributed by atoms with E-state index < -0.39 is 5.60 Å². The molecule has 2 saturated carbocycles. The Bertz CT molecular complexity index is 438. The summed E-state index contributed by atoms with van der Waals surface area (Å²) in [7, 11) is 0. The third-order valence-corrected chi connectivity index (χ3v) is 5.59. The van der Waals surface area contributed by atoms with E-state index >= 15 is 0 Å². The number of hydrogen-bond donors (Lipinski definition) is 1. The highest BCUT2D eigenvalue weighted by Crippen LogP contribution is 2.49. The average molecular weight is 306 g/mol. The quantitative estimate of drug-likeness (QED) is 0.474. The molecule has 0 radical (unpaired) electrons. The molecule has 0 aliphatic heterocycles. The number of rotatable bonds is 5. The van der Waals surface area contributed by atoms with Crippen molar-refractivity contribution in [3.63, 3.8) is 0 Å². The van der Waals surface area contributed by atoms with E-state index in [0.717, 1.165) is 38.5 Å². The molecular formula is C19H30O3. The summed E-state index contributed by atoms with van der Waals surface area (Å²) in [4.78, 5) is 11.9. The molecule has 1 N–H and O–H groups in total. The summed E-state index contributed by atoms with van der Waals surface area (Å²) in [5.74, 6) is 0.827. The van der Waals surface area contributed by atoms with E-state index in [1.165, 1.54) is 0 Å². The van der Waals surface area contributed by atoms with Gasteiger partial charge in [-0.2, -0.15) is 0 Å². The van der Waals surface area contributed by atoms with Gasteiger partial charge >= 0.3 is 5.97 Å². The summed E-state index contributed by atoms with van der Waals surface area (Å²) in [5.41, 5.74) is -0.237. The van der Waals surface area contributed by atoms with Crippen LogP contribution in [0.25, 0.3) is 0 Å². The highest BCUT2D eigenvalue weighted by atomic mass is 16.5. The van der Waals surface area contributed by atoms with Crippen LogP contribution in [0.1, 0.15) is 58.8 Å². The van der Waals surface area contributed by atoms with Crippen LogP contribution in [0, 0.1) is 17.8 Å². The van der Waals surface area contributed by atoms with Crippen molar-refractivity contribution in [2.45, 2.75) is 70.5 Å². The van der Waals surface area contributed by atoms with Gasteiger partial charge in [0.15, 0.2) is 0 Å². The molecular weight excluding hydrogens is 276 g/mol. The van der Waals surface area contributed by atoms with Gasteiger partial charge in [-0.25, -0.2) is 4.79 Å². The number of hydrogen-bond acceptors (Lipinski definition) is 3. The monoisotopic (exact) mass is 306 g/mol. The normalized spacial score (nSPS) is 34.1. The van der Waals surface area contributed by atoms with Crippen molar-refractivity contribution in [2.75, 3.05) is 0 Å². The van der Waals surface area contributed by atoms with Gasteiger partial charge in [0.2, 0.25) is 0 Å². The maximum absolute atomic E-state index is 11.9. The first-order valence-corrected chi connectivity index (χ1v) is 8.56. The van der Waals surface area contributed by atoms with Crippen molar-refractivity contribution >= 4 is 5.97 Å². The molecule has 2 fully saturated rings. The summed E-state index contributed by atoms with van der Waals surface area (Å²) in [6.45, 7) is 11.1. The van der Waals surface area contributed by atoms with Crippen LogP contribution in [0.2, 0.25) is 0 Å². The third kappa shape index (κ3) is 3.62. The van der Waals surface area contributed by atoms with Crippen LogP contribution in [0.4, 0.5) is 0 Å². The number of ether oxygens (including phenoxy) is 1. The standard InChI is InChI=1S/C19H30O3/c1-5-12-19(4,21)16-10-6-9-15-14(16)8-7-11-17(15)22-18(20)13(2)3/h5,14-17,21H,1-2,6-12H2,3-4H3. The Balaban J connectivity index is 2.13. The van der Waals surface area contributed by atoms with Crippen molar-refractivity contribution < 1.29 is 14.6 Å². The summed E-state index contributed by atoms with van der Waals surface area (Å²) in [6, 6.07) is 0. The van der Waals surface area contributed by atoms with E-state index in [1.807, 2.05) is 13.0 Å². The lowest BCUT2D eigenvalue weighted by atomic mass is 9.59. The van der Waals surface area contributed by atoms with Crippen molar-refractivity contribution in [1.82, 2.24) is 0 Å². The van der Waals surface area contributed by atoms with Crippen molar-refractivity contribution in [2.24, 2.45) is 17.8 Å². The molecule has 0 heterocycles. The fourth-order valence-corrected chi connectivity index (χ4v) is 4.55. The summed E-state index contributed by atoms with van der Waals surface area (Å²) in [6.07, 6.45) is 8.81. The molecule has 0 bridgehead atoms. The first-order valence-electron chi connectivity index (χ1n) is 8.56. The van der Waals surface area contributed by atoms with Gasteiger partial charge in [-0.3, -0.25) is 0 Å². The van der Waals surface area contributed by atoms with Gasteiger partial charge in [-0.1, -0.05) is 19.1 Å². The van der Waals surface area contributed by atoms with Crippen LogP contribution >= 0.6 is 0 Å². The van der Waals surface area contributed by atoms with E-state index in [9.17, 15) is 9.90 Å². The number of carbonyl (C=O) groups excluding carboxylic acids is 1. The Morgan fingerprint density at radius 2 is 1.91 bits per heavy atom. The van der Waals surface area contributed by atoms with Gasteiger partial charge in [0, 0.05) is 5.57 Å². The summed E-state index contributed by atoms with van der Waals surface area (Å²) in [5, 5.41) is 10.8. The molecule has 0 aromatic heterocycles. The van der Waals surface area contributed by atoms with Gasteiger partial charge in [-0.15, -0.1) is 6.58 Å². The molecule has 22 heavy (non-hydrogen) atoms. The Labute approximate surface area is 134 Å². The molecule has 0 aromatic rings. The molecule has 2 rings (SSSR count). The minimum Gasteiger partial charge on any atom is -0.459 e. The maximum atomic E-state index is 11.9. The van der Waals surface area contributed by atoms with E-state index in [-0.39, 0.29) is 18.0 Å². The second-order valence-electron chi connectivity index (χ2n) is 7.37. The van der Waals surface area contributed by atoms with Crippen LogP contribution in [0.15, 0.2) is 24.8 Å². The highest BCUT2D eigenvalue weighted by Gasteiger charge is 2.47. The van der Waals surface area contributed by atoms with Crippen molar-refractivity contribution in [3.8, 4) is 0 Å². The van der Waals surface area contributed by atoms with Crippen molar-refractivity contribution in [3.05, 3.63) is 24.8 Å². The zero-order chi connectivity index (χ0) is 16.3. The number of esters is 1. The second kappa shape index (κ2) is 6.99. The van der Waals surface area contributed by atoms with E-state index in [2.05, 4.69) is 13.2 Å². The second-order valence-corrected chi connectivity index (χ2v) is 7.37. The Morgan fingerprint density at radius 3 is 2.55 bits per heavy atom. The number of aliphatic hydroxyl groups is 1. The number of fused-ring (bicyclic) bond motifs is 1. The van der Waals surface area contributed by atoms with Gasteiger partial charge < -0.3 is 9.84 Å². The molecule has 5 atom stereocenters. The fraction of sp³-hybridized carbons (Fsp3) is 0.737. The molecule has 0 spiro atoms. The predicted octanol–water partition coefficient (Wildman–Crippen LogP) is 4.02. The van der Waals surface area contributed by atoms with E-state index in [1.54, 1.807) is 6.92 Å². The molecule has 2 aliphatic rings. The predicted molar refractivity (Wildman–Crippen MR) is 88.3 cm³/mol. The summed E-state index contributed by atoms with van der Waals surface area (Å²) >= 11 is 0. The Hall–Kier alpha value is -1.09. The first-order chi connectivity index (χ1) is 10.4. The topological polar surface area (TPSA) is 46.5 Å². The van der Waals surface area contributed by atoms with E-state index in [4.69, 9.17) is 4.74 Å². The average Bonchev–Trinajstić information content (AvgIpc) is 2.46. The van der Waals surface area contributed by atoms with Gasteiger partial charge in [0.1, 0.15) is 6.10 Å². The lowest BCUT2D eigenvalue weighted by Gasteiger charge is -2.49. The fourth-order valence-electron chi connectivity index (χ4n) is 4.55. The van der Waals surface area contributed by atoms with Crippen LogP contribution in [0.3, 0.4) is 0 Å². The van der Waals surface area contributed by atoms with Crippen LogP contribution in [-0.2, 0) is 9.53 Å². The van der Waals surface area contributed by atoms with Gasteiger partial charge in [0.25, 0.3) is 0 Å². The van der Waals surface area contributed by atoms with Gasteiger partial charge in [0.05, 0.1) is 5.60 Å². The van der Waals surface area contributed by atoms with Crippen LogP contribution < -0.4 is 0 Å². The first kappa shape index (κ1) is 17.3. The van der Waals surface area contributed by atoms with Crippen LogP contribution in [0.5, 0.6) is 0 Å². The molecule has 5 unspecified atom stereocenters. The smallest absolute Gasteiger partial charge is 0.333 e. The molecule has 0 amide bonds. The largest absolute Gasteiger partial charge is 0.459 e. The van der Waals surface area contributed by atoms with Gasteiger partial charge in [-0.05, 0) is 70.1 Å². The minimum absolute atomic E-state index is 0.00900. The summed E-state index contributed by atoms with van der Waals surface area (Å²) < 4.78 is 5.70. The zero-order valence-electron chi connectivity index (χ0n) is 14.0. The highest BCUT2D eigenvalue weighted by molar-refractivity contribution is 5.87. The number of carbonyl (C=O) groups is 1. The molecule has 0 saturated heterocycles. The minimum atomic E-state index is -0.703. The SMILES string of the molecule is C=CCC(C)(O)C1CCCC2C(OC(=O)C(=C)C)CCCC21. The lowest BCUT2D eigenvalue weighted by Crippen LogP contribution is -2.49. The zero-order valence-corrected chi connectivity index (χ0v) is 14.0. The molecule has 0 aromatic carbocycles. The molecule has 2 aliphatic carbocycles. The van der Waals surface area contributed by atoms with Crippen molar-refractivity contribution in [1.29, 1.82) is 0 Å². The molecule has 3 nitrogen and oxygen atoms in total. The van der Waals surface area contributed by atoms with Crippen LogP contribution in [-0.4, -0.2) is 22.8 Å².